The second-order valence-corrected chi connectivity index (χ2v) is 5.00. The maximum absolute atomic E-state index is 11.3. The van der Waals surface area contributed by atoms with E-state index in [0.29, 0.717) is 29.0 Å². The molecule has 0 bridgehead atoms. The van der Waals surface area contributed by atoms with E-state index in [9.17, 15) is 15.0 Å². The Hall–Kier alpha value is -2.75. The number of hydrogen-bond donors (Lipinski definition) is 2. The number of hydrogen-bond acceptors (Lipinski definition) is 3. The van der Waals surface area contributed by atoms with Crippen molar-refractivity contribution in [2.24, 2.45) is 0 Å². The molecule has 0 fully saturated rings. The molecule has 4 heteroatoms. The van der Waals surface area contributed by atoms with Crippen molar-refractivity contribution in [3.63, 3.8) is 0 Å². The number of carboxylic acid groups (broad SMARTS) is 1. The summed E-state index contributed by atoms with van der Waals surface area (Å²) in [6.45, 7) is 7.32. The average Bonchev–Trinajstić information content (AvgIpc) is 2.50. The molecule has 2 aromatic rings. The van der Waals surface area contributed by atoms with Gasteiger partial charge < -0.3 is 14.9 Å². The molecule has 0 saturated heterocycles. The largest absolute Gasteiger partial charge is 0.507 e. The van der Waals surface area contributed by atoms with Gasteiger partial charge in [0.15, 0.2) is 0 Å². The standard InChI is InChI=1S/C18H18O4/c1-4-14-11(2)15(18(20)21)16(19)12(3)17(14)22-10-13-8-6-5-7-9-13/h4-9,19H,1,10H2,2-3H3,(H,20,21). The fourth-order valence-corrected chi connectivity index (χ4v) is 2.40. The summed E-state index contributed by atoms with van der Waals surface area (Å²) in [6.07, 6.45) is 1.55. The third-order valence-electron chi connectivity index (χ3n) is 3.60. The second-order valence-electron chi connectivity index (χ2n) is 5.00. The van der Waals surface area contributed by atoms with Crippen LogP contribution in [0.3, 0.4) is 0 Å². The van der Waals surface area contributed by atoms with Crippen LogP contribution in [0.4, 0.5) is 0 Å². The van der Waals surface area contributed by atoms with E-state index in [1.165, 1.54) is 0 Å². The van der Waals surface area contributed by atoms with Crippen molar-refractivity contribution < 1.29 is 19.7 Å². The summed E-state index contributed by atoms with van der Waals surface area (Å²) in [4.78, 5) is 11.3. The van der Waals surface area contributed by atoms with Gasteiger partial charge in [-0.05, 0) is 25.0 Å². The van der Waals surface area contributed by atoms with E-state index in [4.69, 9.17) is 4.74 Å². The van der Waals surface area contributed by atoms with Crippen LogP contribution in [0.15, 0.2) is 36.9 Å². The van der Waals surface area contributed by atoms with E-state index < -0.39 is 5.97 Å². The van der Waals surface area contributed by atoms with Gasteiger partial charge in [-0.15, -0.1) is 0 Å². The zero-order valence-electron chi connectivity index (χ0n) is 12.6. The van der Waals surface area contributed by atoms with Crippen molar-refractivity contribution in [3.8, 4) is 11.5 Å². The van der Waals surface area contributed by atoms with Crippen molar-refractivity contribution in [2.75, 3.05) is 0 Å². The molecule has 2 N–H and O–H groups in total. The van der Waals surface area contributed by atoms with Crippen LogP contribution in [-0.4, -0.2) is 16.2 Å². The minimum atomic E-state index is -1.17. The highest BCUT2D eigenvalue weighted by Gasteiger charge is 2.23. The molecule has 0 atom stereocenters. The molecule has 114 valence electrons. The first-order valence-electron chi connectivity index (χ1n) is 6.86. The summed E-state index contributed by atoms with van der Waals surface area (Å²) in [5.41, 5.74) is 2.29. The Morgan fingerprint density at radius 2 is 1.86 bits per heavy atom. The highest BCUT2D eigenvalue weighted by atomic mass is 16.5. The first-order valence-corrected chi connectivity index (χ1v) is 6.86. The lowest BCUT2D eigenvalue weighted by molar-refractivity contribution is 0.0692. The minimum absolute atomic E-state index is 0.112. The highest BCUT2D eigenvalue weighted by Crippen LogP contribution is 2.38. The smallest absolute Gasteiger partial charge is 0.339 e. The molecule has 0 aliphatic carbocycles. The zero-order valence-corrected chi connectivity index (χ0v) is 12.6. The van der Waals surface area contributed by atoms with Gasteiger partial charge in [0.25, 0.3) is 0 Å². The van der Waals surface area contributed by atoms with Crippen molar-refractivity contribution >= 4 is 12.0 Å². The van der Waals surface area contributed by atoms with Gasteiger partial charge in [0.05, 0.1) is 0 Å². The lowest BCUT2D eigenvalue weighted by Crippen LogP contribution is -2.07. The molecule has 0 radical (unpaired) electrons. The molecule has 0 aliphatic heterocycles. The lowest BCUT2D eigenvalue weighted by atomic mass is 9.96. The molecular formula is C18H18O4. The van der Waals surface area contributed by atoms with Crippen molar-refractivity contribution in [1.82, 2.24) is 0 Å². The summed E-state index contributed by atoms with van der Waals surface area (Å²) in [5.74, 6) is -0.978. The fraction of sp³-hybridized carbons (Fsp3) is 0.167. The van der Waals surface area contributed by atoms with Crippen LogP contribution < -0.4 is 4.74 Å². The number of ether oxygens (including phenoxy) is 1. The number of aromatic hydroxyl groups is 1. The zero-order chi connectivity index (χ0) is 16.3. The van der Waals surface area contributed by atoms with Gasteiger partial charge in [-0.2, -0.15) is 0 Å². The predicted molar refractivity (Wildman–Crippen MR) is 85.4 cm³/mol. The van der Waals surface area contributed by atoms with Crippen LogP contribution in [0.2, 0.25) is 0 Å². The van der Waals surface area contributed by atoms with Crippen molar-refractivity contribution in [2.45, 2.75) is 20.5 Å². The maximum Gasteiger partial charge on any atom is 0.339 e. The van der Waals surface area contributed by atoms with E-state index in [-0.39, 0.29) is 11.3 Å². The van der Waals surface area contributed by atoms with E-state index in [1.54, 1.807) is 19.9 Å². The maximum atomic E-state index is 11.3. The topological polar surface area (TPSA) is 66.8 Å². The van der Waals surface area contributed by atoms with E-state index in [1.807, 2.05) is 30.3 Å². The number of carbonyl (C=O) groups is 1. The Kier molecular flexibility index (Phi) is 4.51. The molecule has 0 saturated carbocycles. The van der Waals surface area contributed by atoms with Crippen LogP contribution in [0.1, 0.15) is 32.6 Å². The molecule has 0 spiro atoms. The Morgan fingerprint density at radius 1 is 1.23 bits per heavy atom. The predicted octanol–water partition coefficient (Wildman–Crippen LogP) is 3.93. The number of carboxylic acids is 1. The van der Waals surface area contributed by atoms with Crippen LogP contribution in [0.5, 0.6) is 11.5 Å². The minimum Gasteiger partial charge on any atom is -0.507 e. The molecule has 0 unspecified atom stereocenters. The number of aromatic carboxylic acids is 1. The Morgan fingerprint density at radius 3 is 2.41 bits per heavy atom. The monoisotopic (exact) mass is 298 g/mol. The Balaban J connectivity index is 2.47. The fourth-order valence-electron chi connectivity index (χ4n) is 2.40. The van der Waals surface area contributed by atoms with Crippen LogP contribution in [0, 0.1) is 13.8 Å². The molecule has 2 aromatic carbocycles. The molecule has 0 heterocycles. The summed E-state index contributed by atoms with van der Waals surface area (Å²) in [6, 6.07) is 9.61. The Labute approximate surface area is 129 Å². The molecule has 0 amide bonds. The third-order valence-corrected chi connectivity index (χ3v) is 3.60. The molecule has 22 heavy (non-hydrogen) atoms. The Bertz CT molecular complexity index is 718. The third kappa shape index (κ3) is 2.81. The lowest BCUT2D eigenvalue weighted by Gasteiger charge is -2.18. The normalized spacial score (nSPS) is 10.3. The SMILES string of the molecule is C=Cc1c(C)c(C(=O)O)c(O)c(C)c1OCc1ccccc1. The van der Waals surface area contributed by atoms with Gasteiger partial charge in [0, 0.05) is 11.1 Å². The number of benzene rings is 2. The highest BCUT2D eigenvalue weighted by molar-refractivity contribution is 5.95. The molecule has 4 nitrogen and oxygen atoms in total. The average molecular weight is 298 g/mol. The summed E-state index contributed by atoms with van der Waals surface area (Å²) in [5, 5.41) is 19.4. The van der Waals surface area contributed by atoms with E-state index in [0.717, 1.165) is 5.56 Å². The quantitative estimate of drug-likeness (QED) is 0.877. The van der Waals surface area contributed by atoms with E-state index in [2.05, 4.69) is 6.58 Å². The van der Waals surface area contributed by atoms with Gasteiger partial charge in [-0.25, -0.2) is 4.79 Å². The molecule has 2 rings (SSSR count). The first kappa shape index (κ1) is 15.6. The summed E-state index contributed by atoms with van der Waals surface area (Å²) in [7, 11) is 0. The van der Waals surface area contributed by atoms with Crippen LogP contribution >= 0.6 is 0 Å². The van der Waals surface area contributed by atoms with Gasteiger partial charge in [0.1, 0.15) is 23.7 Å². The van der Waals surface area contributed by atoms with Gasteiger partial charge in [-0.3, -0.25) is 0 Å². The van der Waals surface area contributed by atoms with Crippen molar-refractivity contribution in [1.29, 1.82) is 0 Å². The molecular weight excluding hydrogens is 280 g/mol. The molecule has 0 aromatic heterocycles. The second kappa shape index (κ2) is 6.35. The van der Waals surface area contributed by atoms with Crippen LogP contribution in [-0.2, 0) is 6.61 Å². The van der Waals surface area contributed by atoms with Gasteiger partial charge >= 0.3 is 5.97 Å². The van der Waals surface area contributed by atoms with Crippen LogP contribution in [0.25, 0.3) is 6.08 Å². The number of phenols is 1. The van der Waals surface area contributed by atoms with E-state index >= 15 is 0 Å². The number of rotatable bonds is 5. The first-order chi connectivity index (χ1) is 10.5. The van der Waals surface area contributed by atoms with Gasteiger partial charge in [0.2, 0.25) is 0 Å². The van der Waals surface area contributed by atoms with Gasteiger partial charge in [-0.1, -0.05) is 43.0 Å². The summed E-state index contributed by atoms with van der Waals surface area (Å²) < 4.78 is 5.82. The summed E-state index contributed by atoms with van der Waals surface area (Å²) >= 11 is 0. The molecule has 0 aliphatic rings. The van der Waals surface area contributed by atoms with Crippen molar-refractivity contribution in [3.05, 3.63) is 64.7 Å².